The molecule has 0 unspecified atom stereocenters. The number of carbonyl (C=O) groups excluding carboxylic acids is 2. The summed E-state index contributed by atoms with van der Waals surface area (Å²) in [4.78, 5) is 24.3. The molecule has 124 valence electrons. The van der Waals surface area contributed by atoms with Crippen molar-refractivity contribution in [2.24, 2.45) is 0 Å². The molecule has 1 heterocycles. The molecule has 0 bridgehead atoms. The summed E-state index contributed by atoms with van der Waals surface area (Å²) in [6.45, 7) is 4.06. The lowest BCUT2D eigenvalue weighted by molar-refractivity contribution is -0.117. The minimum absolute atomic E-state index is 0.0276. The third kappa shape index (κ3) is 3.11. The van der Waals surface area contributed by atoms with E-state index in [2.05, 4.69) is 10.6 Å². The lowest BCUT2D eigenvalue weighted by Gasteiger charge is -2.32. The predicted octanol–water partition coefficient (Wildman–Crippen LogP) is 3.57. The molecule has 0 atom stereocenters. The van der Waals surface area contributed by atoms with Crippen LogP contribution in [-0.2, 0) is 10.2 Å². The highest BCUT2D eigenvalue weighted by atomic mass is 16.5. The van der Waals surface area contributed by atoms with Gasteiger partial charge in [-0.05, 0) is 42.0 Å². The zero-order chi connectivity index (χ0) is 17.3. The van der Waals surface area contributed by atoms with E-state index in [1.807, 2.05) is 19.9 Å². The minimum Gasteiger partial charge on any atom is -0.497 e. The Morgan fingerprint density at radius 1 is 1.17 bits per heavy atom. The first kappa shape index (κ1) is 16.1. The van der Waals surface area contributed by atoms with Gasteiger partial charge < -0.3 is 15.4 Å². The summed E-state index contributed by atoms with van der Waals surface area (Å²) in [5.74, 6) is 0.479. The monoisotopic (exact) mass is 324 g/mol. The molecule has 1 aliphatic heterocycles. The van der Waals surface area contributed by atoms with Gasteiger partial charge in [-0.2, -0.15) is 0 Å². The summed E-state index contributed by atoms with van der Waals surface area (Å²) in [7, 11) is 1.59. The van der Waals surface area contributed by atoms with Gasteiger partial charge in [0.15, 0.2) is 0 Å². The molecule has 2 aromatic carbocycles. The molecule has 5 heteroatoms. The average Bonchev–Trinajstić information content (AvgIpc) is 2.54. The van der Waals surface area contributed by atoms with E-state index >= 15 is 0 Å². The molecule has 3 rings (SSSR count). The Morgan fingerprint density at radius 3 is 2.54 bits per heavy atom. The standard InChI is InChI=1S/C19H20N2O3/c1-19(2)11-17(22)21-16-10-12(4-9-15(16)19)18(23)20-13-5-7-14(24-3)8-6-13/h4-10H,11H2,1-3H3,(H,20,23)(H,21,22). The molecular formula is C19H20N2O3. The lowest BCUT2D eigenvalue weighted by atomic mass is 9.77. The van der Waals surface area contributed by atoms with E-state index in [9.17, 15) is 9.59 Å². The Bertz CT molecular complexity index is 795. The van der Waals surface area contributed by atoms with Gasteiger partial charge in [0.2, 0.25) is 5.91 Å². The van der Waals surface area contributed by atoms with Gasteiger partial charge in [0.1, 0.15) is 5.75 Å². The topological polar surface area (TPSA) is 67.4 Å². The van der Waals surface area contributed by atoms with Crippen LogP contribution < -0.4 is 15.4 Å². The van der Waals surface area contributed by atoms with Crippen LogP contribution in [0.2, 0.25) is 0 Å². The van der Waals surface area contributed by atoms with Crippen LogP contribution in [0.3, 0.4) is 0 Å². The summed E-state index contributed by atoms with van der Waals surface area (Å²) < 4.78 is 5.10. The summed E-state index contributed by atoms with van der Waals surface area (Å²) in [6.07, 6.45) is 0.442. The normalized spacial score (nSPS) is 15.2. The second kappa shape index (κ2) is 6.00. The lowest BCUT2D eigenvalue weighted by Crippen LogP contribution is -2.32. The van der Waals surface area contributed by atoms with E-state index in [0.717, 1.165) is 11.3 Å². The molecule has 2 amide bonds. The first-order valence-electron chi connectivity index (χ1n) is 7.79. The molecule has 0 radical (unpaired) electrons. The second-order valence-electron chi connectivity index (χ2n) is 6.55. The smallest absolute Gasteiger partial charge is 0.255 e. The number of benzene rings is 2. The maximum atomic E-state index is 12.4. The number of hydrogen-bond donors (Lipinski definition) is 2. The number of rotatable bonds is 3. The molecule has 0 aliphatic carbocycles. The van der Waals surface area contributed by atoms with Crippen LogP contribution in [0.25, 0.3) is 0 Å². The maximum Gasteiger partial charge on any atom is 0.255 e. The van der Waals surface area contributed by atoms with E-state index < -0.39 is 0 Å². The van der Waals surface area contributed by atoms with Crippen molar-refractivity contribution in [2.75, 3.05) is 17.7 Å². The number of hydrogen-bond acceptors (Lipinski definition) is 3. The fraction of sp³-hybridized carbons (Fsp3) is 0.263. The Labute approximate surface area is 141 Å². The van der Waals surface area contributed by atoms with Gasteiger partial charge in [0.25, 0.3) is 5.91 Å². The molecule has 24 heavy (non-hydrogen) atoms. The number of ether oxygens (including phenoxy) is 1. The Morgan fingerprint density at radius 2 is 1.88 bits per heavy atom. The van der Waals surface area contributed by atoms with Crippen molar-refractivity contribution in [3.63, 3.8) is 0 Å². The van der Waals surface area contributed by atoms with Gasteiger partial charge in [-0.15, -0.1) is 0 Å². The number of methoxy groups -OCH3 is 1. The zero-order valence-corrected chi connectivity index (χ0v) is 14.0. The van der Waals surface area contributed by atoms with E-state index in [1.165, 1.54) is 0 Å². The Balaban J connectivity index is 1.83. The van der Waals surface area contributed by atoms with Crippen LogP contribution in [0.1, 0.15) is 36.2 Å². The molecule has 0 aromatic heterocycles. The molecular weight excluding hydrogens is 304 g/mol. The summed E-state index contributed by atoms with van der Waals surface area (Å²) in [5.41, 5.74) is 2.70. The average molecular weight is 324 g/mol. The van der Waals surface area contributed by atoms with Gasteiger partial charge in [0.05, 0.1) is 7.11 Å². The zero-order valence-electron chi connectivity index (χ0n) is 14.0. The second-order valence-corrected chi connectivity index (χ2v) is 6.55. The van der Waals surface area contributed by atoms with E-state index in [1.54, 1.807) is 43.5 Å². The minimum atomic E-state index is -0.233. The third-order valence-corrected chi connectivity index (χ3v) is 4.24. The van der Waals surface area contributed by atoms with Crippen LogP contribution in [0.5, 0.6) is 5.75 Å². The van der Waals surface area contributed by atoms with Crippen molar-refractivity contribution in [3.8, 4) is 5.75 Å². The molecule has 0 fully saturated rings. The summed E-state index contributed by atoms with van der Waals surface area (Å²) in [6, 6.07) is 12.6. The molecule has 5 nitrogen and oxygen atoms in total. The summed E-state index contributed by atoms with van der Waals surface area (Å²) in [5, 5.41) is 5.70. The molecule has 2 aromatic rings. The Hall–Kier alpha value is -2.82. The van der Waals surface area contributed by atoms with Crippen LogP contribution in [-0.4, -0.2) is 18.9 Å². The van der Waals surface area contributed by atoms with E-state index in [-0.39, 0.29) is 17.2 Å². The van der Waals surface area contributed by atoms with Crippen molar-refractivity contribution < 1.29 is 14.3 Å². The highest BCUT2D eigenvalue weighted by Crippen LogP contribution is 2.37. The van der Waals surface area contributed by atoms with Gasteiger partial charge in [-0.25, -0.2) is 0 Å². The van der Waals surface area contributed by atoms with Crippen LogP contribution in [0.4, 0.5) is 11.4 Å². The molecule has 0 spiro atoms. The number of carbonyl (C=O) groups is 2. The first-order chi connectivity index (χ1) is 11.4. The maximum absolute atomic E-state index is 12.4. The molecule has 2 N–H and O–H groups in total. The van der Waals surface area contributed by atoms with Gasteiger partial charge >= 0.3 is 0 Å². The van der Waals surface area contributed by atoms with Crippen LogP contribution >= 0.6 is 0 Å². The number of nitrogens with one attached hydrogen (secondary N) is 2. The van der Waals surface area contributed by atoms with Gasteiger partial charge in [-0.3, -0.25) is 9.59 Å². The van der Waals surface area contributed by atoms with Crippen molar-refractivity contribution in [2.45, 2.75) is 25.7 Å². The van der Waals surface area contributed by atoms with E-state index in [0.29, 0.717) is 23.4 Å². The highest BCUT2D eigenvalue weighted by molar-refractivity contribution is 6.06. The molecule has 0 saturated carbocycles. The third-order valence-electron chi connectivity index (χ3n) is 4.24. The largest absolute Gasteiger partial charge is 0.497 e. The highest BCUT2D eigenvalue weighted by Gasteiger charge is 2.32. The van der Waals surface area contributed by atoms with Crippen molar-refractivity contribution in [1.82, 2.24) is 0 Å². The number of anilines is 2. The summed E-state index contributed by atoms with van der Waals surface area (Å²) >= 11 is 0. The van der Waals surface area contributed by atoms with Crippen molar-refractivity contribution in [1.29, 1.82) is 0 Å². The fourth-order valence-electron chi connectivity index (χ4n) is 2.95. The van der Waals surface area contributed by atoms with E-state index in [4.69, 9.17) is 4.74 Å². The predicted molar refractivity (Wildman–Crippen MR) is 93.7 cm³/mol. The first-order valence-corrected chi connectivity index (χ1v) is 7.79. The number of fused-ring (bicyclic) bond motifs is 1. The van der Waals surface area contributed by atoms with Crippen LogP contribution in [0, 0.1) is 0 Å². The molecule has 0 saturated heterocycles. The van der Waals surface area contributed by atoms with Crippen molar-refractivity contribution >= 4 is 23.2 Å². The van der Waals surface area contributed by atoms with Crippen LogP contribution in [0.15, 0.2) is 42.5 Å². The SMILES string of the molecule is COc1ccc(NC(=O)c2ccc3c(c2)NC(=O)CC3(C)C)cc1. The Kier molecular flexibility index (Phi) is 4.01. The molecule has 1 aliphatic rings. The van der Waals surface area contributed by atoms with Gasteiger partial charge in [0, 0.05) is 28.8 Å². The van der Waals surface area contributed by atoms with Gasteiger partial charge in [-0.1, -0.05) is 19.9 Å². The fourth-order valence-corrected chi connectivity index (χ4v) is 2.95. The van der Waals surface area contributed by atoms with Crippen molar-refractivity contribution in [3.05, 3.63) is 53.6 Å². The quantitative estimate of drug-likeness (QED) is 0.907. The number of amides is 2.